The van der Waals surface area contributed by atoms with Crippen LogP contribution in [0.4, 0.5) is 4.39 Å². The predicted molar refractivity (Wildman–Crippen MR) is 419 cm³/mol. The van der Waals surface area contributed by atoms with E-state index < -0.39 is 27.8 Å². The molecule has 21 heteroatoms. The van der Waals surface area contributed by atoms with Gasteiger partial charge in [-0.15, -0.1) is 0 Å². The molecule has 0 heterocycles. The van der Waals surface area contributed by atoms with E-state index in [2.05, 4.69) is 85.8 Å². The number of hydrogen-bond acceptors (Lipinski definition) is 8. The van der Waals surface area contributed by atoms with Gasteiger partial charge >= 0.3 is 0 Å². The average molecular weight is 1600 g/mol. The van der Waals surface area contributed by atoms with Crippen LogP contribution in [0, 0.1) is 45.3 Å². The van der Waals surface area contributed by atoms with Crippen molar-refractivity contribution in [2.75, 3.05) is 27.2 Å². The number of nitrogens with zero attached hydrogens (tertiary/aromatic N) is 5. The second kappa shape index (κ2) is 38.6. The van der Waals surface area contributed by atoms with Crippen LogP contribution in [-0.2, 0) is 37.3 Å². The van der Waals surface area contributed by atoms with Crippen LogP contribution in [0.2, 0.25) is 60.3 Å². The summed E-state index contributed by atoms with van der Waals surface area (Å²) in [6, 6.07) is 42.7. The molecule has 6 aromatic rings. The maximum Gasteiger partial charge on any atom is 0.133 e. The fourth-order valence-corrected chi connectivity index (χ4v) is 15.8. The summed E-state index contributed by atoms with van der Waals surface area (Å²) in [5.41, 5.74) is 10.1. The van der Waals surface area contributed by atoms with Gasteiger partial charge in [-0.05, 0) is 242 Å². The number of ketones is 1. The third kappa shape index (κ3) is 21.8. The average Bonchev–Trinajstić information content (AvgIpc) is 0.802. The lowest BCUT2D eigenvalue weighted by atomic mass is 9.70. The molecule has 3 atom stereocenters. The van der Waals surface area contributed by atoms with Crippen LogP contribution in [0.3, 0.4) is 0 Å². The van der Waals surface area contributed by atoms with Gasteiger partial charge in [0.25, 0.3) is 0 Å². The highest BCUT2D eigenvalue weighted by Crippen LogP contribution is 2.46. The van der Waals surface area contributed by atoms with Gasteiger partial charge in [0.2, 0.25) is 0 Å². The van der Waals surface area contributed by atoms with Crippen LogP contribution < -0.4 is 5.73 Å². The lowest BCUT2D eigenvalue weighted by Crippen LogP contribution is -2.38. The monoisotopic (exact) mass is 1600 g/mol. The van der Waals surface area contributed by atoms with Crippen molar-refractivity contribution in [2.45, 2.75) is 180 Å². The van der Waals surface area contributed by atoms with Crippen molar-refractivity contribution in [3.63, 3.8) is 0 Å². The van der Waals surface area contributed by atoms with Crippen molar-refractivity contribution in [1.82, 2.24) is 4.90 Å². The number of alkyl halides is 1. The number of aliphatic hydroxyl groups excluding tert-OH is 1. The van der Waals surface area contributed by atoms with E-state index in [4.69, 9.17) is 145 Å². The molecule has 534 valence electrons. The first-order valence-electron chi connectivity index (χ1n) is 33.6. The number of Topliss-reactive ketones (excluding diaryl/α,β-unsaturated/α-hetero) is 1. The van der Waals surface area contributed by atoms with E-state index >= 15 is 0 Å². The summed E-state index contributed by atoms with van der Waals surface area (Å²) in [6.07, 6.45) is 27.9. The molecule has 3 fully saturated rings. The van der Waals surface area contributed by atoms with Crippen LogP contribution in [0.5, 0.6) is 0 Å². The van der Waals surface area contributed by atoms with Crippen molar-refractivity contribution in [2.24, 2.45) is 5.73 Å². The van der Waals surface area contributed by atoms with Crippen molar-refractivity contribution in [3.05, 3.63) is 239 Å². The molecular weight excluding hydrogens is 1520 g/mol. The number of rotatable bonds is 9. The maximum atomic E-state index is 13.2. The largest absolute Gasteiger partial charge is 0.393 e. The van der Waals surface area contributed by atoms with Gasteiger partial charge in [0.15, 0.2) is 0 Å². The summed E-state index contributed by atoms with van der Waals surface area (Å²) in [5, 5.41) is 53.5. The number of hydrogen-bond donors (Lipinski definition) is 2. The number of carbonyl (C=O) groups is 1. The van der Waals surface area contributed by atoms with Gasteiger partial charge in [0.1, 0.15) is 12.0 Å². The quantitative estimate of drug-likeness (QED) is 0.135. The molecule has 0 aromatic heterocycles. The van der Waals surface area contributed by atoms with Crippen molar-refractivity contribution < 1.29 is 14.3 Å². The number of aliphatic hydroxyl groups is 1. The van der Waals surface area contributed by atoms with Crippen LogP contribution in [0.25, 0.3) is 0 Å². The second-order valence-electron chi connectivity index (χ2n) is 27.1. The zero-order valence-corrected chi connectivity index (χ0v) is 65.4. The highest BCUT2D eigenvalue weighted by molar-refractivity contribution is 6.44. The Bertz CT molecular complexity index is 4020. The van der Waals surface area contributed by atoms with Gasteiger partial charge in [0, 0.05) is 36.8 Å². The normalized spacial score (nSPS) is 24.8. The molecule has 0 radical (unpaired) electrons. The number of nitriles is 4. The Labute approximate surface area is 655 Å². The molecule has 0 amide bonds. The van der Waals surface area contributed by atoms with Crippen LogP contribution in [0.1, 0.15) is 168 Å². The van der Waals surface area contributed by atoms with E-state index in [1.165, 1.54) is 17.5 Å². The standard InChI is InChI=1S/C15H19Cl2N.C13H12Cl2FN.C13H13Cl2NO.C13H11Cl2NO.C13H15Cl2N.C13H11Cl2N/c1-18(2)11-15(8-4-3-5-9-15)12-6-7-13(16)14(17)10-12;14-11-2-1-9(7-12(11)15)13(8-17)5-3-10(16)4-6-13;2*14-11-2-1-9(7-12(11)15)13(8-16)5-3-10(17)4-6-13;2*14-11-5-4-10(8-12(11)15)13(9-16)6-2-1-3-7-13/h3-4,6-7,10H,5,8-9,11H2,1-2H3;1-2,7,10H,3-6H2;1-2,7,10,17H,3-6H2;1-2,7H,3-6H2;1-2,4-5,8H,3,6-7,9,16H2;1-2,4-5,8H,3,6-7H2. The van der Waals surface area contributed by atoms with Crippen LogP contribution in [-0.4, -0.2) is 55.3 Å². The zero-order valence-electron chi connectivity index (χ0n) is 56.4. The number of allylic oxidation sites excluding steroid dienone is 6. The SMILES string of the molecule is CN(C)CC1(c2ccc(Cl)c(Cl)c2)CC=CCC1.N#CC1(c2ccc(Cl)c(Cl)c2)CC=CCC1.N#CC1(c2ccc(Cl)c(Cl)c2)CCC(=O)CC1.N#CC1(c2ccc(Cl)c(Cl)c2)CCC(F)CC1.N#CC1(c2ccc(Cl)c(Cl)c2)CCC(O)CC1.NCC1(c2ccc(Cl)c(Cl)c2)CC=CCC1. The molecule has 6 aliphatic carbocycles. The first-order valence-corrected chi connectivity index (χ1v) is 38.2. The molecule has 6 aliphatic rings. The summed E-state index contributed by atoms with van der Waals surface area (Å²) < 4.78 is 13.2. The lowest BCUT2D eigenvalue weighted by Gasteiger charge is -2.38. The van der Waals surface area contributed by atoms with E-state index in [1.807, 2.05) is 60.7 Å². The minimum absolute atomic E-state index is 0.0446. The smallest absolute Gasteiger partial charge is 0.133 e. The highest BCUT2D eigenvalue weighted by Gasteiger charge is 2.41. The third-order valence-electron chi connectivity index (χ3n) is 20.4. The van der Waals surface area contributed by atoms with Crippen molar-refractivity contribution in [3.8, 4) is 24.3 Å². The summed E-state index contributed by atoms with van der Waals surface area (Å²) in [6.45, 7) is 1.69. The molecule has 0 bridgehead atoms. The van der Waals surface area contributed by atoms with Crippen molar-refractivity contribution >= 4 is 145 Å². The molecule has 3 unspecified atom stereocenters. The number of halogens is 13. The summed E-state index contributed by atoms with van der Waals surface area (Å²) in [7, 11) is 4.25. The van der Waals surface area contributed by atoms with Gasteiger partial charge in [-0.3, -0.25) is 4.79 Å². The molecule has 3 saturated carbocycles. The van der Waals surface area contributed by atoms with E-state index in [0.717, 1.165) is 80.2 Å². The zero-order chi connectivity index (χ0) is 73.8. The minimum atomic E-state index is -0.778. The Morgan fingerprint density at radius 2 is 0.703 bits per heavy atom. The highest BCUT2D eigenvalue weighted by atomic mass is 35.5. The topological polar surface area (TPSA) is 162 Å². The maximum absolute atomic E-state index is 13.2. The van der Waals surface area contributed by atoms with Gasteiger partial charge < -0.3 is 15.7 Å². The van der Waals surface area contributed by atoms with Gasteiger partial charge in [-0.25, -0.2) is 4.39 Å². The third-order valence-corrected chi connectivity index (χ3v) is 24.8. The number of nitrogens with two attached hydrogens (primary N) is 1. The fraction of sp³-hybridized carbons (Fsp3) is 0.412. The van der Waals surface area contributed by atoms with Crippen LogP contribution >= 0.6 is 139 Å². The Balaban J connectivity index is 0.000000170. The molecule has 12 rings (SSSR count). The lowest BCUT2D eigenvalue weighted by molar-refractivity contribution is -0.121. The van der Waals surface area contributed by atoms with E-state index in [-0.39, 0.29) is 22.7 Å². The Kier molecular flexibility index (Phi) is 32.0. The van der Waals surface area contributed by atoms with E-state index in [0.29, 0.717) is 144 Å². The van der Waals surface area contributed by atoms with Gasteiger partial charge in [-0.1, -0.05) is 212 Å². The van der Waals surface area contributed by atoms with E-state index in [1.54, 1.807) is 42.5 Å². The molecule has 8 nitrogen and oxygen atoms in total. The Morgan fingerprint density at radius 3 is 1.01 bits per heavy atom. The van der Waals surface area contributed by atoms with Crippen LogP contribution in [0.15, 0.2) is 146 Å². The number of likely N-dealkylation sites (N-methyl/N-ethyl adjacent to an activating group) is 1. The minimum Gasteiger partial charge on any atom is -0.393 e. The summed E-state index contributed by atoms with van der Waals surface area (Å²) >= 11 is 71.6. The predicted octanol–water partition coefficient (Wildman–Crippen LogP) is 25.2. The summed E-state index contributed by atoms with van der Waals surface area (Å²) in [4.78, 5) is 13.5. The second-order valence-corrected chi connectivity index (χ2v) is 32.0. The Morgan fingerprint density at radius 1 is 0.406 bits per heavy atom. The first kappa shape index (κ1) is 83.7. The molecule has 6 aromatic carbocycles. The summed E-state index contributed by atoms with van der Waals surface area (Å²) in [5.74, 6) is 0.232. The molecule has 0 spiro atoms. The number of carbonyl (C=O) groups excluding carboxylic acids is 1. The van der Waals surface area contributed by atoms with Crippen molar-refractivity contribution in [1.29, 1.82) is 21.0 Å². The first-order chi connectivity index (χ1) is 48.1. The molecule has 101 heavy (non-hydrogen) atoms. The molecule has 0 aliphatic heterocycles. The molecular formula is C80H81Cl12FN6O2. The van der Waals surface area contributed by atoms with Gasteiger partial charge in [0.05, 0.1) is 112 Å². The number of benzene rings is 6. The van der Waals surface area contributed by atoms with E-state index in [9.17, 15) is 35.3 Å². The van der Waals surface area contributed by atoms with Gasteiger partial charge in [-0.2, -0.15) is 21.0 Å². The fourth-order valence-electron chi connectivity index (χ4n) is 14.1. The molecule has 0 saturated heterocycles. The molecule has 3 N–H and O–H groups in total. The Hall–Kier alpha value is -4.54.